The highest BCUT2D eigenvalue weighted by Crippen LogP contribution is 2.30. The van der Waals surface area contributed by atoms with Crippen molar-refractivity contribution in [2.75, 3.05) is 12.3 Å². The molecule has 1 aliphatic heterocycles. The summed E-state index contributed by atoms with van der Waals surface area (Å²) in [6, 6.07) is 2.30. The molecule has 2 aromatic rings. The molecule has 124 valence electrons. The van der Waals surface area contributed by atoms with E-state index in [1.807, 2.05) is 12.3 Å². The van der Waals surface area contributed by atoms with Crippen LogP contribution in [0.2, 0.25) is 0 Å². The number of imidazole rings is 1. The molecule has 0 radical (unpaired) electrons. The zero-order valence-corrected chi connectivity index (χ0v) is 13.8. The van der Waals surface area contributed by atoms with Gasteiger partial charge in [0.2, 0.25) is 5.95 Å². The topological polar surface area (TPSA) is 83.7 Å². The van der Waals surface area contributed by atoms with Crippen LogP contribution in [0.4, 0.5) is 5.95 Å². The van der Waals surface area contributed by atoms with E-state index in [0.717, 1.165) is 37.4 Å². The lowest BCUT2D eigenvalue weighted by Gasteiger charge is -2.34. The molecule has 0 bridgehead atoms. The monoisotopic (exact) mass is 314 g/mol. The maximum Gasteiger partial charge on any atom is 0.220 e. The van der Waals surface area contributed by atoms with Gasteiger partial charge in [-0.2, -0.15) is 0 Å². The number of nitrogens with two attached hydrogens (primary N) is 1. The molecular weight excluding hydrogens is 288 g/mol. The Morgan fingerprint density at radius 2 is 2.26 bits per heavy atom. The van der Waals surface area contributed by atoms with Crippen molar-refractivity contribution in [3.8, 4) is 0 Å². The SMILES string of the molecule is CCCCc1ncc(CN2CCCCC2c2ccnc(N)n2)[nH]1. The van der Waals surface area contributed by atoms with Crippen LogP contribution in [0.3, 0.4) is 0 Å². The molecule has 3 heterocycles. The number of nitrogens with one attached hydrogen (secondary N) is 1. The number of nitrogens with zero attached hydrogens (tertiary/aromatic N) is 4. The molecule has 1 unspecified atom stereocenters. The van der Waals surface area contributed by atoms with Crippen molar-refractivity contribution in [3.05, 3.63) is 35.7 Å². The summed E-state index contributed by atoms with van der Waals surface area (Å²) in [5.74, 6) is 1.46. The number of anilines is 1. The van der Waals surface area contributed by atoms with Gasteiger partial charge in [0, 0.05) is 31.1 Å². The van der Waals surface area contributed by atoms with Gasteiger partial charge in [-0.15, -0.1) is 0 Å². The molecule has 0 amide bonds. The molecule has 0 aromatic carbocycles. The van der Waals surface area contributed by atoms with Gasteiger partial charge in [0.1, 0.15) is 5.82 Å². The van der Waals surface area contributed by atoms with Gasteiger partial charge in [0.05, 0.1) is 11.7 Å². The van der Waals surface area contributed by atoms with E-state index in [0.29, 0.717) is 12.0 Å². The molecule has 1 atom stereocenters. The third-order valence-corrected chi connectivity index (χ3v) is 4.47. The molecule has 1 saturated heterocycles. The average molecular weight is 314 g/mol. The molecule has 0 aliphatic carbocycles. The third kappa shape index (κ3) is 4.07. The zero-order valence-electron chi connectivity index (χ0n) is 13.8. The Bertz CT molecular complexity index is 623. The van der Waals surface area contributed by atoms with Crippen LogP contribution in [-0.4, -0.2) is 31.4 Å². The molecular formula is C17H26N6. The minimum Gasteiger partial charge on any atom is -0.368 e. The molecule has 6 heteroatoms. The third-order valence-electron chi connectivity index (χ3n) is 4.47. The smallest absolute Gasteiger partial charge is 0.220 e. The highest BCUT2D eigenvalue weighted by molar-refractivity contribution is 5.20. The summed E-state index contributed by atoms with van der Waals surface area (Å²) >= 11 is 0. The van der Waals surface area contributed by atoms with Crippen molar-refractivity contribution in [2.45, 2.75) is 58.0 Å². The molecule has 3 N–H and O–H groups in total. The maximum absolute atomic E-state index is 5.76. The maximum atomic E-state index is 5.76. The average Bonchev–Trinajstić information content (AvgIpc) is 3.01. The lowest BCUT2D eigenvalue weighted by Crippen LogP contribution is -2.33. The number of aromatic nitrogens is 4. The highest BCUT2D eigenvalue weighted by Gasteiger charge is 2.25. The van der Waals surface area contributed by atoms with Crippen molar-refractivity contribution >= 4 is 5.95 Å². The van der Waals surface area contributed by atoms with Crippen molar-refractivity contribution in [1.29, 1.82) is 0 Å². The second-order valence-corrected chi connectivity index (χ2v) is 6.28. The summed E-state index contributed by atoms with van der Waals surface area (Å²) < 4.78 is 0. The van der Waals surface area contributed by atoms with E-state index in [1.54, 1.807) is 6.20 Å². The number of aromatic amines is 1. The summed E-state index contributed by atoms with van der Waals surface area (Å²) in [6.45, 7) is 4.17. The lowest BCUT2D eigenvalue weighted by molar-refractivity contribution is 0.135. The second-order valence-electron chi connectivity index (χ2n) is 6.28. The molecule has 0 saturated carbocycles. The number of H-pyrrole nitrogens is 1. The first kappa shape index (κ1) is 15.9. The van der Waals surface area contributed by atoms with E-state index in [-0.39, 0.29) is 0 Å². The fourth-order valence-corrected chi connectivity index (χ4v) is 3.27. The minimum absolute atomic E-state index is 0.316. The quantitative estimate of drug-likeness (QED) is 0.856. The number of nitrogen functional groups attached to an aromatic ring is 1. The fraction of sp³-hybridized carbons (Fsp3) is 0.588. The van der Waals surface area contributed by atoms with Crippen molar-refractivity contribution in [1.82, 2.24) is 24.8 Å². The van der Waals surface area contributed by atoms with E-state index >= 15 is 0 Å². The molecule has 2 aromatic heterocycles. The van der Waals surface area contributed by atoms with Crippen molar-refractivity contribution in [3.63, 3.8) is 0 Å². The van der Waals surface area contributed by atoms with E-state index in [2.05, 4.69) is 31.8 Å². The number of hydrogen-bond acceptors (Lipinski definition) is 5. The number of aryl methyl sites for hydroxylation is 1. The second kappa shape index (κ2) is 7.55. The van der Waals surface area contributed by atoms with Crippen molar-refractivity contribution in [2.24, 2.45) is 0 Å². The first-order chi connectivity index (χ1) is 11.3. The van der Waals surface area contributed by atoms with E-state index < -0.39 is 0 Å². The number of likely N-dealkylation sites (tertiary alicyclic amines) is 1. The Morgan fingerprint density at radius 3 is 3.09 bits per heavy atom. The van der Waals surface area contributed by atoms with Crippen LogP contribution < -0.4 is 5.73 Å². The number of piperidine rings is 1. The highest BCUT2D eigenvalue weighted by atomic mass is 15.2. The predicted molar refractivity (Wildman–Crippen MR) is 90.6 cm³/mol. The van der Waals surface area contributed by atoms with Gasteiger partial charge in [0.15, 0.2) is 0 Å². The molecule has 23 heavy (non-hydrogen) atoms. The van der Waals surface area contributed by atoms with Gasteiger partial charge in [-0.1, -0.05) is 19.8 Å². The lowest BCUT2D eigenvalue weighted by atomic mass is 9.99. The summed E-state index contributed by atoms with van der Waals surface area (Å²) in [5.41, 5.74) is 7.97. The zero-order chi connectivity index (χ0) is 16.1. The van der Waals surface area contributed by atoms with Crippen LogP contribution in [0.15, 0.2) is 18.5 Å². The fourth-order valence-electron chi connectivity index (χ4n) is 3.27. The van der Waals surface area contributed by atoms with Crippen molar-refractivity contribution < 1.29 is 0 Å². The van der Waals surface area contributed by atoms with Crippen LogP contribution in [0.25, 0.3) is 0 Å². The number of hydrogen-bond donors (Lipinski definition) is 2. The van der Waals surface area contributed by atoms with Crippen LogP contribution in [0.5, 0.6) is 0 Å². The van der Waals surface area contributed by atoms with E-state index in [9.17, 15) is 0 Å². The first-order valence-electron chi connectivity index (χ1n) is 8.61. The summed E-state index contributed by atoms with van der Waals surface area (Å²) in [6.07, 6.45) is 10.7. The molecule has 1 fully saturated rings. The largest absolute Gasteiger partial charge is 0.368 e. The molecule has 1 aliphatic rings. The normalized spacial score (nSPS) is 19.1. The first-order valence-corrected chi connectivity index (χ1v) is 8.61. The van der Waals surface area contributed by atoms with Crippen LogP contribution in [0, 0.1) is 0 Å². The minimum atomic E-state index is 0.316. The van der Waals surface area contributed by atoms with E-state index in [4.69, 9.17) is 5.73 Å². The molecule has 6 nitrogen and oxygen atoms in total. The van der Waals surface area contributed by atoms with Gasteiger partial charge in [0.25, 0.3) is 0 Å². The van der Waals surface area contributed by atoms with Gasteiger partial charge in [-0.05, 0) is 31.9 Å². The summed E-state index contributed by atoms with van der Waals surface area (Å²) in [5, 5.41) is 0. The van der Waals surface area contributed by atoms with Crippen LogP contribution in [0.1, 0.15) is 62.3 Å². The Labute approximate surface area is 137 Å². The van der Waals surface area contributed by atoms with E-state index in [1.165, 1.54) is 31.4 Å². The number of unbranched alkanes of at least 4 members (excludes halogenated alkanes) is 1. The predicted octanol–water partition coefficient (Wildman–Crippen LogP) is 2.85. The Kier molecular flexibility index (Phi) is 5.23. The molecule has 3 rings (SSSR count). The van der Waals surface area contributed by atoms with Gasteiger partial charge in [-0.25, -0.2) is 15.0 Å². The molecule has 0 spiro atoms. The Morgan fingerprint density at radius 1 is 1.35 bits per heavy atom. The summed E-state index contributed by atoms with van der Waals surface area (Å²) in [4.78, 5) is 18.9. The van der Waals surface area contributed by atoms with Gasteiger partial charge < -0.3 is 10.7 Å². The van der Waals surface area contributed by atoms with Gasteiger partial charge >= 0.3 is 0 Å². The Balaban J connectivity index is 1.70. The standard InChI is InChI=1S/C17H26N6/c1-2-3-7-16-20-11-13(21-16)12-23-10-5-4-6-15(23)14-8-9-19-17(18)22-14/h8-9,11,15H,2-7,10,12H2,1H3,(H,20,21)(H2,18,19,22). The Hall–Kier alpha value is -1.95. The van der Waals surface area contributed by atoms with Crippen LogP contribution >= 0.6 is 0 Å². The van der Waals surface area contributed by atoms with Crippen LogP contribution in [-0.2, 0) is 13.0 Å². The van der Waals surface area contributed by atoms with Gasteiger partial charge in [-0.3, -0.25) is 4.90 Å². The number of rotatable bonds is 6. The summed E-state index contributed by atoms with van der Waals surface area (Å²) in [7, 11) is 0.